The normalized spacial score (nSPS) is 20.1. The minimum Gasteiger partial charge on any atom is -0.496 e. The maximum absolute atomic E-state index is 5.97. The summed E-state index contributed by atoms with van der Waals surface area (Å²) in [5.74, 6) is 0.910. The van der Waals surface area contributed by atoms with Gasteiger partial charge >= 0.3 is 0 Å². The first-order valence-corrected chi connectivity index (χ1v) is 7.31. The summed E-state index contributed by atoms with van der Waals surface area (Å²) < 4.78 is 16.8. The molecule has 4 heteroatoms. The Morgan fingerprint density at radius 1 is 1.45 bits per heavy atom. The highest BCUT2D eigenvalue weighted by Crippen LogP contribution is 2.27. The second kappa shape index (κ2) is 7.62. The zero-order valence-electron chi connectivity index (χ0n) is 12.6. The van der Waals surface area contributed by atoms with Gasteiger partial charge in [-0.2, -0.15) is 0 Å². The Kier molecular flexibility index (Phi) is 5.83. The van der Waals surface area contributed by atoms with Crippen molar-refractivity contribution in [3.8, 4) is 5.75 Å². The molecular formula is C16H25NO3. The van der Waals surface area contributed by atoms with Crippen LogP contribution in [0.15, 0.2) is 18.2 Å². The molecular weight excluding hydrogens is 254 g/mol. The monoisotopic (exact) mass is 279 g/mol. The van der Waals surface area contributed by atoms with E-state index >= 15 is 0 Å². The molecule has 1 N–H and O–H groups in total. The lowest BCUT2D eigenvalue weighted by Crippen LogP contribution is -2.28. The molecule has 0 aromatic heterocycles. The lowest BCUT2D eigenvalue weighted by Gasteiger charge is -2.22. The smallest absolute Gasteiger partial charge is 0.123 e. The van der Waals surface area contributed by atoms with Crippen molar-refractivity contribution >= 4 is 0 Å². The number of aryl methyl sites for hydroxylation is 1. The summed E-state index contributed by atoms with van der Waals surface area (Å²) in [6.45, 7) is 7.26. The van der Waals surface area contributed by atoms with Gasteiger partial charge in [-0.3, -0.25) is 0 Å². The van der Waals surface area contributed by atoms with E-state index in [-0.39, 0.29) is 12.1 Å². The van der Waals surface area contributed by atoms with Gasteiger partial charge < -0.3 is 19.5 Å². The summed E-state index contributed by atoms with van der Waals surface area (Å²) in [4.78, 5) is 0. The van der Waals surface area contributed by atoms with Crippen LogP contribution in [0.5, 0.6) is 5.75 Å². The maximum Gasteiger partial charge on any atom is 0.123 e. The molecule has 112 valence electrons. The molecule has 20 heavy (non-hydrogen) atoms. The van der Waals surface area contributed by atoms with Gasteiger partial charge in [0.2, 0.25) is 0 Å². The standard InChI is InChI=1S/C16H25NO3/c1-4-17-15(11-20-13-7-8-19-10-13)14-9-12(2)5-6-16(14)18-3/h5-6,9,13,15,17H,4,7-8,10-11H2,1-3H3. The maximum atomic E-state index is 5.97. The van der Waals surface area contributed by atoms with Crippen molar-refractivity contribution in [3.05, 3.63) is 29.3 Å². The van der Waals surface area contributed by atoms with Gasteiger partial charge in [-0.1, -0.05) is 24.6 Å². The molecule has 2 unspecified atom stereocenters. The van der Waals surface area contributed by atoms with Gasteiger partial charge in [-0.15, -0.1) is 0 Å². The molecule has 1 aromatic rings. The van der Waals surface area contributed by atoms with Crippen molar-refractivity contribution < 1.29 is 14.2 Å². The second-order valence-electron chi connectivity index (χ2n) is 5.17. The summed E-state index contributed by atoms with van der Waals surface area (Å²) in [7, 11) is 1.71. The zero-order chi connectivity index (χ0) is 14.4. The van der Waals surface area contributed by atoms with E-state index in [1.165, 1.54) is 5.56 Å². The van der Waals surface area contributed by atoms with Gasteiger partial charge in [0.1, 0.15) is 5.75 Å². The fraction of sp³-hybridized carbons (Fsp3) is 0.625. The van der Waals surface area contributed by atoms with Crippen molar-refractivity contribution in [1.82, 2.24) is 5.32 Å². The van der Waals surface area contributed by atoms with Gasteiger partial charge in [0.05, 0.1) is 32.5 Å². The number of ether oxygens (including phenoxy) is 3. The Bertz CT molecular complexity index is 416. The molecule has 0 spiro atoms. The van der Waals surface area contributed by atoms with Gasteiger partial charge in [-0.25, -0.2) is 0 Å². The highest BCUT2D eigenvalue weighted by Gasteiger charge is 2.21. The van der Waals surface area contributed by atoms with E-state index in [1.54, 1.807) is 7.11 Å². The van der Waals surface area contributed by atoms with Crippen LogP contribution in [0.3, 0.4) is 0 Å². The summed E-state index contributed by atoms with van der Waals surface area (Å²) in [6.07, 6.45) is 1.22. The van der Waals surface area contributed by atoms with Crippen molar-refractivity contribution in [2.45, 2.75) is 32.4 Å². The van der Waals surface area contributed by atoms with Crippen LogP contribution in [0.1, 0.15) is 30.5 Å². The van der Waals surface area contributed by atoms with Crippen LogP contribution in [0.4, 0.5) is 0 Å². The second-order valence-corrected chi connectivity index (χ2v) is 5.17. The number of methoxy groups -OCH3 is 1. The number of hydrogen-bond acceptors (Lipinski definition) is 4. The predicted octanol–water partition coefficient (Wildman–Crippen LogP) is 2.46. The fourth-order valence-electron chi connectivity index (χ4n) is 2.51. The van der Waals surface area contributed by atoms with E-state index in [9.17, 15) is 0 Å². The number of likely N-dealkylation sites (N-methyl/N-ethyl adjacent to an activating group) is 1. The Morgan fingerprint density at radius 2 is 2.30 bits per heavy atom. The Labute approximate surface area is 121 Å². The lowest BCUT2D eigenvalue weighted by molar-refractivity contribution is 0.0296. The van der Waals surface area contributed by atoms with Crippen LogP contribution in [-0.2, 0) is 9.47 Å². The van der Waals surface area contributed by atoms with Gasteiger partial charge in [0, 0.05) is 12.2 Å². The summed E-state index contributed by atoms with van der Waals surface area (Å²) in [6, 6.07) is 6.40. The van der Waals surface area contributed by atoms with Crippen molar-refractivity contribution in [3.63, 3.8) is 0 Å². The Balaban J connectivity index is 2.07. The highest BCUT2D eigenvalue weighted by atomic mass is 16.5. The van der Waals surface area contributed by atoms with E-state index < -0.39 is 0 Å². The van der Waals surface area contributed by atoms with Gasteiger partial charge in [0.25, 0.3) is 0 Å². The van der Waals surface area contributed by atoms with E-state index in [0.29, 0.717) is 13.2 Å². The molecule has 1 heterocycles. The van der Waals surface area contributed by atoms with E-state index in [0.717, 1.165) is 30.9 Å². The summed E-state index contributed by atoms with van der Waals surface area (Å²) >= 11 is 0. The van der Waals surface area contributed by atoms with E-state index in [4.69, 9.17) is 14.2 Å². The lowest BCUT2D eigenvalue weighted by atomic mass is 10.0. The Hall–Kier alpha value is -1.10. The average molecular weight is 279 g/mol. The molecule has 1 aliphatic rings. The number of rotatable bonds is 7. The molecule has 1 saturated heterocycles. The molecule has 1 aliphatic heterocycles. The van der Waals surface area contributed by atoms with Crippen LogP contribution in [0, 0.1) is 6.92 Å². The first kappa shape index (κ1) is 15.3. The molecule has 2 atom stereocenters. The fourth-order valence-corrected chi connectivity index (χ4v) is 2.51. The SMILES string of the molecule is CCNC(COC1CCOC1)c1cc(C)ccc1OC. The van der Waals surface area contributed by atoms with Crippen molar-refractivity contribution in [2.24, 2.45) is 0 Å². The van der Waals surface area contributed by atoms with Crippen molar-refractivity contribution in [1.29, 1.82) is 0 Å². The predicted molar refractivity (Wildman–Crippen MR) is 79.3 cm³/mol. The topological polar surface area (TPSA) is 39.7 Å². The van der Waals surface area contributed by atoms with Crippen LogP contribution in [0.2, 0.25) is 0 Å². The molecule has 0 bridgehead atoms. The highest BCUT2D eigenvalue weighted by molar-refractivity contribution is 5.39. The van der Waals surface area contributed by atoms with Crippen LogP contribution >= 0.6 is 0 Å². The third kappa shape index (κ3) is 3.95. The third-order valence-corrected chi connectivity index (χ3v) is 3.60. The average Bonchev–Trinajstić information content (AvgIpc) is 2.96. The zero-order valence-corrected chi connectivity index (χ0v) is 12.6. The molecule has 0 radical (unpaired) electrons. The van der Waals surface area contributed by atoms with Gasteiger partial charge in [0.15, 0.2) is 0 Å². The van der Waals surface area contributed by atoms with Gasteiger partial charge in [-0.05, 0) is 26.0 Å². The molecule has 0 aliphatic carbocycles. The molecule has 1 fully saturated rings. The third-order valence-electron chi connectivity index (χ3n) is 3.60. The Morgan fingerprint density at radius 3 is 2.95 bits per heavy atom. The van der Waals surface area contributed by atoms with E-state index in [2.05, 4.69) is 31.3 Å². The molecule has 0 saturated carbocycles. The number of hydrogen-bond donors (Lipinski definition) is 1. The quantitative estimate of drug-likeness (QED) is 0.832. The minimum absolute atomic E-state index is 0.149. The van der Waals surface area contributed by atoms with Crippen LogP contribution in [-0.4, -0.2) is 39.6 Å². The van der Waals surface area contributed by atoms with Crippen LogP contribution in [0.25, 0.3) is 0 Å². The molecule has 0 amide bonds. The molecule has 1 aromatic carbocycles. The summed E-state index contributed by atoms with van der Waals surface area (Å²) in [5, 5.41) is 3.48. The van der Waals surface area contributed by atoms with E-state index in [1.807, 2.05) is 6.07 Å². The number of benzene rings is 1. The first-order valence-electron chi connectivity index (χ1n) is 7.31. The van der Waals surface area contributed by atoms with Crippen LogP contribution < -0.4 is 10.1 Å². The minimum atomic E-state index is 0.149. The van der Waals surface area contributed by atoms with Crippen molar-refractivity contribution in [2.75, 3.05) is 33.5 Å². The molecule has 4 nitrogen and oxygen atoms in total. The summed E-state index contributed by atoms with van der Waals surface area (Å²) in [5.41, 5.74) is 2.39. The largest absolute Gasteiger partial charge is 0.496 e. The number of nitrogens with one attached hydrogen (secondary N) is 1. The first-order chi connectivity index (χ1) is 9.74. The molecule has 2 rings (SSSR count).